The molecule has 2 saturated carbocycles. The van der Waals surface area contributed by atoms with E-state index in [1.165, 1.54) is 5.56 Å². The molecule has 0 amide bonds. The van der Waals surface area contributed by atoms with E-state index in [9.17, 15) is 9.90 Å². The summed E-state index contributed by atoms with van der Waals surface area (Å²) in [6, 6.07) is 11.4. The van der Waals surface area contributed by atoms with Gasteiger partial charge in [-0.3, -0.25) is 9.36 Å². The van der Waals surface area contributed by atoms with Crippen molar-refractivity contribution in [2.45, 2.75) is 30.8 Å². The summed E-state index contributed by atoms with van der Waals surface area (Å²) in [4.78, 5) is 11.8. The lowest BCUT2D eigenvalue weighted by atomic mass is 10.0. The zero-order chi connectivity index (χ0) is 13.3. The first-order valence-electron chi connectivity index (χ1n) is 6.57. The number of aryl methyl sites for hydroxylation is 1. The van der Waals surface area contributed by atoms with Crippen LogP contribution in [-0.2, 0) is 5.41 Å². The maximum Gasteiger partial charge on any atom is 0.255 e. The predicted octanol–water partition coefficient (Wildman–Crippen LogP) is 1.92. The van der Waals surface area contributed by atoms with Crippen LogP contribution in [0.25, 0.3) is 5.69 Å². The Hall–Kier alpha value is -1.87. The molecule has 0 radical (unpaired) electrons. The van der Waals surface area contributed by atoms with Gasteiger partial charge in [0, 0.05) is 23.4 Å². The second-order valence-corrected chi connectivity index (χ2v) is 5.93. The summed E-state index contributed by atoms with van der Waals surface area (Å²) in [6.45, 7) is 1.97. The fourth-order valence-corrected chi connectivity index (χ4v) is 3.07. The van der Waals surface area contributed by atoms with Crippen LogP contribution in [0.3, 0.4) is 0 Å². The Morgan fingerprint density at radius 2 is 1.74 bits per heavy atom. The molecule has 1 aromatic heterocycles. The van der Waals surface area contributed by atoms with Crippen LogP contribution in [-0.4, -0.2) is 15.3 Å². The number of aromatic nitrogens is 1. The topological polar surface area (TPSA) is 42.2 Å². The maximum absolute atomic E-state index is 11.8. The van der Waals surface area contributed by atoms with E-state index in [-0.39, 0.29) is 11.0 Å². The van der Waals surface area contributed by atoms with Crippen LogP contribution in [0.15, 0.2) is 47.4 Å². The van der Waals surface area contributed by atoms with Gasteiger partial charge in [-0.1, -0.05) is 18.2 Å². The molecule has 3 nitrogen and oxygen atoms in total. The highest BCUT2D eigenvalue weighted by atomic mass is 16.3. The Morgan fingerprint density at radius 1 is 1.11 bits per heavy atom. The van der Waals surface area contributed by atoms with E-state index in [1.807, 2.05) is 43.5 Å². The van der Waals surface area contributed by atoms with E-state index in [2.05, 4.69) is 0 Å². The Balaban J connectivity index is 1.73. The Bertz CT molecular complexity index is 721. The molecule has 19 heavy (non-hydrogen) atoms. The number of hydrogen-bond acceptors (Lipinski definition) is 2. The van der Waals surface area contributed by atoms with Crippen LogP contribution >= 0.6 is 0 Å². The molecule has 4 rings (SSSR count). The summed E-state index contributed by atoms with van der Waals surface area (Å²) in [5, 5.41) is 9.92. The summed E-state index contributed by atoms with van der Waals surface area (Å²) < 4.78 is 1.66. The first-order chi connectivity index (χ1) is 9.04. The van der Waals surface area contributed by atoms with Crippen molar-refractivity contribution in [3.8, 4) is 5.69 Å². The predicted molar refractivity (Wildman–Crippen MR) is 72.6 cm³/mol. The summed E-state index contributed by atoms with van der Waals surface area (Å²) >= 11 is 0. The lowest BCUT2D eigenvalue weighted by Gasteiger charge is -2.08. The van der Waals surface area contributed by atoms with Gasteiger partial charge in [0.25, 0.3) is 5.56 Å². The van der Waals surface area contributed by atoms with E-state index in [0.29, 0.717) is 0 Å². The standard InChI is InChI=1S/C16H15NO2/c1-11-2-7-14(18)17(8-11)13-5-3-12(4-6-13)15-9-16(15,19)10-15/h2-8,19H,9-10H2,1H3. The number of nitrogens with zero attached hydrogens (tertiary/aromatic N) is 1. The minimum Gasteiger partial charge on any atom is -0.389 e. The molecule has 2 fully saturated rings. The van der Waals surface area contributed by atoms with Crippen LogP contribution in [0, 0.1) is 6.92 Å². The van der Waals surface area contributed by atoms with Crippen molar-refractivity contribution >= 4 is 0 Å². The molecule has 1 N–H and O–H groups in total. The van der Waals surface area contributed by atoms with Gasteiger partial charge in [-0.2, -0.15) is 0 Å². The van der Waals surface area contributed by atoms with Crippen LogP contribution < -0.4 is 5.56 Å². The van der Waals surface area contributed by atoms with Crippen LogP contribution in [0.5, 0.6) is 0 Å². The van der Waals surface area contributed by atoms with Gasteiger partial charge in [-0.05, 0) is 43.0 Å². The van der Waals surface area contributed by atoms with Crippen molar-refractivity contribution in [1.82, 2.24) is 4.57 Å². The molecule has 2 aliphatic carbocycles. The molecule has 0 unspecified atom stereocenters. The second-order valence-electron chi connectivity index (χ2n) is 5.93. The molecule has 2 aliphatic rings. The zero-order valence-corrected chi connectivity index (χ0v) is 10.8. The van der Waals surface area contributed by atoms with Crippen molar-refractivity contribution in [3.05, 3.63) is 64.1 Å². The van der Waals surface area contributed by atoms with Crippen LogP contribution in [0.2, 0.25) is 0 Å². The summed E-state index contributed by atoms with van der Waals surface area (Å²) in [5.74, 6) is 0. The molecule has 3 heteroatoms. The minimum atomic E-state index is -0.408. The van der Waals surface area contributed by atoms with E-state index in [1.54, 1.807) is 10.6 Å². The quantitative estimate of drug-likeness (QED) is 0.888. The minimum absolute atomic E-state index is 0.0223. The van der Waals surface area contributed by atoms with Gasteiger partial charge in [0.15, 0.2) is 0 Å². The lowest BCUT2D eigenvalue weighted by Crippen LogP contribution is -2.16. The van der Waals surface area contributed by atoms with Gasteiger partial charge in [0.05, 0.1) is 5.60 Å². The molecule has 1 aromatic carbocycles. The van der Waals surface area contributed by atoms with Gasteiger partial charge in [0.2, 0.25) is 0 Å². The largest absolute Gasteiger partial charge is 0.389 e. The second kappa shape index (κ2) is 3.17. The van der Waals surface area contributed by atoms with Gasteiger partial charge < -0.3 is 5.11 Å². The highest BCUT2D eigenvalue weighted by molar-refractivity contribution is 5.54. The third-order valence-electron chi connectivity index (χ3n) is 4.59. The van der Waals surface area contributed by atoms with Gasteiger partial charge in [-0.15, -0.1) is 0 Å². The first-order valence-corrected chi connectivity index (χ1v) is 6.57. The van der Waals surface area contributed by atoms with Crippen molar-refractivity contribution in [2.24, 2.45) is 0 Å². The number of aliphatic hydroxyl groups is 1. The van der Waals surface area contributed by atoms with Crippen LogP contribution in [0.1, 0.15) is 24.0 Å². The Labute approximate surface area is 111 Å². The highest BCUT2D eigenvalue weighted by Gasteiger charge is 2.83. The molecule has 0 atom stereocenters. The molecule has 2 aromatic rings. The van der Waals surface area contributed by atoms with Gasteiger partial charge in [-0.25, -0.2) is 0 Å². The van der Waals surface area contributed by atoms with E-state index < -0.39 is 5.60 Å². The molecular formula is C16H15NO2. The van der Waals surface area contributed by atoms with E-state index in [0.717, 1.165) is 24.1 Å². The number of fused-ring (bicyclic) bond motifs is 1. The fraction of sp³-hybridized carbons (Fsp3) is 0.312. The van der Waals surface area contributed by atoms with Crippen molar-refractivity contribution in [1.29, 1.82) is 0 Å². The van der Waals surface area contributed by atoms with Crippen molar-refractivity contribution in [2.75, 3.05) is 0 Å². The summed E-state index contributed by atoms with van der Waals surface area (Å²) in [5.41, 5.74) is 2.74. The van der Waals surface area contributed by atoms with Crippen molar-refractivity contribution < 1.29 is 5.11 Å². The molecule has 0 bridgehead atoms. The smallest absolute Gasteiger partial charge is 0.255 e. The van der Waals surface area contributed by atoms with Gasteiger partial charge in [0.1, 0.15) is 0 Å². The average molecular weight is 253 g/mol. The van der Waals surface area contributed by atoms with E-state index >= 15 is 0 Å². The monoisotopic (exact) mass is 253 g/mol. The van der Waals surface area contributed by atoms with Gasteiger partial charge >= 0.3 is 0 Å². The number of rotatable bonds is 2. The maximum atomic E-state index is 11.8. The molecule has 96 valence electrons. The summed E-state index contributed by atoms with van der Waals surface area (Å²) in [7, 11) is 0. The number of hydrogen-bond donors (Lipinski definition) is 1. The lowest BCUT2D eigenvalue weighted by molar-refractivity contribution is 0.212. The molecule has 0 spiro atoms. The average Bonchev–Trinajstić information content (AvgIpc) is 3.18. The third kappa shape index (κ3) is 1.39. The Morgan fingerprint density at radius 3 is 2.32 bits per heavy atom. The Kier molecular flexibility index (Phi) is 1.83. The van der Waals surface area contributed by atoms with Crippen molar-refractivity contribution in [3.63, 3.8) is 0 Å². The molecule has 0 saturated heterocycles. The normalized spacial score (nSPS) is 30.8. The molecule has 1 heterocycles. The first kappa shape index (κ1) is 11.0. The highest BCUT2D eigenvalue weighted by Crippen LogP contribution is 2.78. The summed E-state index contributed by atoms with van der Waals surface area (Å²) in [6.07, 6.45) is 3.63. The molecule has 0 aliphatic heterocycles. The number of pyridine rings is 1. The SMILES string of the molecule is Cc1ccc(=O)n(-c2ccc(C34CC3(O)C4)cc2)c1. The van der Waals surface area contributed by atoms with E-state index in [4.69, 9.17) is 0 Å². The molecular weight excluding hydrogens is 238 g/mol. The third-order valence-corrected chi connectivity index (χ3v) is 4.59. The number of benzene rings is 1. The zero-order valence-electron chi connectivity index (χ0n) is 10.8. The fourth-order valence-electron chi connectivity index (χ4n) is 3.07. The van der Waals surface area contributed by atoms with Crippen LogP contribution in [0.4, 0.5) is 0 Å².